The number of halogens is 1. The molecule has 1 unspecified atom stereocenters. The first-order valence-corrected chi connectivity index (χ1v) is 6.03. The highest BCUT2D eigenvalue weighted by Crippen LogP contribution is 2.13. The van der Waals surface area contributed by atoms with Gasteiger partial charge in [-0.1, -0.05) is 0 Å². The summed E-state index contributed by atoms with van der Waals surface area (Å²) in [5.41, 5.74) is 0.207. The molecule has 0 saturated carbocycles. The van der Waals surface area contributed by atoms with Gasteiger partial charge in [-0.3, -0.25) is 10.1 Å². The Kier molecular flexibility index (Phi) is 8.52. The molecular weight excluding hydrogens is 300 g/mol. The van der Waals surface area contributed by atoms with Gasteiger partial charge in [0.2, 0.25) is 0 Å². The number of benzene rings is 1. The Morgan fingerprint density at radius 2 is 1.90 bits per heavy atom. The number of rotatable bonds is 7. The van der Waals surface area contributed by atoms with Crippen LogP contribution in [-0.4, -0.2) is 56.3 Å². The van der Waals surface area contributed by atoms with Gasteiger partial charge in [0.05, 0.1) is 17.1 Å². The topological polar surface area (TPSA) is 81.9 Å². The summed E-state index contributed by atoms with van der Waals surface area (Å²) in [7, 11) is 5.26. The minimum atomic E-state index is -0.524. The van der Waals surface area contributed by atoms with Crippen molar-refractivity contribution in [3.63, 3.8) is 0 Å². The van der Waals surface area contributed by atoms with Gasteiger partial charge >= 0.3 is 5.97 Å². The van der Waals surface area contributed by atoms with Crippen LogP contribution >= 0.6 is 0 Å². The van der Waals surface area contributed by atoms with Crippen molar-refractivity contribution in [2.24, 2.45) is 0 Å². The number of nitro groups is 1. The molecule has 118 valence electrons. The summed E-state index contributed by atoms with van der Waals surface area (Å²) in [6, 6.07) is 5.29. The Morgan fingerprint density at radius 3 is 2.33 bits per heavy atom. The summed E-state index contributed by atoms with van der Waals surface area (Å²) >= 11 is 0. The third-order valence-electron chi connectivity index (χ3n) is 2.51. The van der Waals surface area contributed by atoms with Crippen molar-refractivity contribution in [1.82, 2.24) is 4.90 Å². The highest BCUT2D eigenvalue weighted by atomic mass is 35.5. The van der Waals surface area contributed by atoms with Gasteiger partial charge in [0.1, 0.15) is 6.10 Å². The molecular formula is C13H18ClN2O5-. The van der Waals surface area contributed by atoms with Crippen molar-refractivity contribution in [1.29, 1.82) is 0 Å². The Morgan fingerprint density at radius 1 is 1.33 bits per heavy atom. The summed E-state index contributed by atoms with van der Waals surface area (Å²) in [5.74, 6) is -0.524. The summed E-state index contributed by atoms with van der Waals surface area (Å²) in [5, 5.41) is 10.5. The molecule has 0 aliphatic heterocycles. The van der Waals surface area contributed by atoms with Gasteiger partial charge in [0.25, 0.3) is 5.69 Å². The van der Waals surface area contributed by atoms with E-state index in [1.807, 2.05) is 19.0 Å². The highest BCUT2D eigenvalue weighted by Gasteiger charge is 2.17. The van der Waals surface area contributed by atoms with E-state index in [9.17, 15) is 14.9 Å². The SMILES string of the molecule is COCC(CN(C)C)OC(=O)c1ccc([N+](=O)[O-])cc1.[Cl-]. The smallest absolute Gasteiger partial charge is 0.338 e. The molecule has 1 aromatic rings. The molecule has 1 aromatic carbocycles. The first-order valence-electron chi connectivity index (χ1n) is 6.03. The van der Waals surface area contributed by atoms with Crippen LogP contribution in [0.15, 0.2) is 24.3 Å². The van der Waals surface area contributed by atoms with E-state index in [-0.39, 0.29) is 30.3 Å². The molecule has 0 radical (unpaired) electrons. The maximum absolute atomic E-state index is 11.9. The maximum Gasteiger partial charge on any atom is 0.338 e. The van der Waals surface area contributed by atoms with Crippen LogP contribution in [0.4, 0.5) is 5.69 Å². The molecule has 0 saturated heterocycles. The summed E-state index contributed by atoms with van der Waals surface area (Å²) in [4.78, 5) is 23.8. The highest BCUT2D eigenvalue weighted by molar-refractivity contribution is 5.89. The number of methoxy groups -OCH3 is 1. The van der Waals surface area contributed by atoms with Gasteiger partial charge in [0, 0.05) is 25.8 Å². The van der Waals surface area contributed by atoms with Crippen LogP contribution in [0.2, 0.25) is 0 Å². The number of likely N-dealkylation sites (N-methyl/N-ethyl adjacent to an activating group) is 1. The van der Waals surface area contributed by atoms with Crippen LogP contribution in [0.25, 0.3) is 0 Å². The Balaban J connectivity index is 0.00000400. The van der Waals surface area contributed by atoms with E-state index < -0.39 is 17.0 Å². The molecule has 0 fully saturated rings. The molecule has 1 rings (SSSR count). The zero-order chi connectivity index (χ0) is 15.1. The van der Waals surface area contributed by atoms with E-state index in [2.05, 4.69) is 0 Å². The van der Waals surface area contributed by atoms with Crippen LogP contribution in [0.5, 0.6) is 0 Å². The van der Waals surface area contributed by atoms with Crippen LogP contribution in [0, 0.1) is 10.1 Å². The van der Waals surface area contributed by atoms with Gasteiger partial charge in [-0.05, 0) is 26.2 Å². The molecule has 0 amide bonds. The molecule has 0 aromatic heterocycles. The van der Waals surface area contributed by atoms with E-state index >= 15 is 0 Å². The fourth-order valence-corrected chi connectivity index (χ4v) is 1.66. The lowest BCUT2D eigenvalue weighted by molar-refractivity contribution is -0.384. The van der Waals surface area contributed by atoms with E-state index in [4.69, 9.17) is 9.47 Å². The summed E-state index contributed by atoms with van der Waals surface area (Å²) in [6.45, 7) is 0.823. The Labute approximate surface area is 129 Å². The van der Waals surface area contributed by atoms with Crippen molar-refractivity contribution < 1.29 is 31.6 Å². The number of hydrogen-bond acceptors (Lipinski definition) is 6. The quantitative estimate of drug-likeness (QED) is 0.340. The predicted molar refractivity (Wildman–Crippen MR) is 72.7 cm³/mol. The van der Waals surface area contributed by atoms with E-state index in [1.165, 1.54) is 31.4 Å². The van der Waals surface area contributed by atoms with E-state index in [0.717, 1.165) is 0 Å². The maximum atomic E-state index is 11.9. The molecule has 0 aliphatic rings. The van der Waals surface area contributed by atoms with Crippen molar-refractivity contribution >= 4 is 11.7 Å². The molecule has 0 aliphatic carbocycles. The minimum absolute atomic E-state index is 0. The first kappa shape index (κ1) is 19.3. The monoisotopic (exact) mass is 317 g/mol. The van der Waals surface area contributed by atoms with Crippen LogP contribution in [0.1, 0.15) is 10.4 Å². The van der Waals surface area contributed by atoms with E-state index in [0.29, 0.717) is 6.54 Å². The second-order valence-electron chi connectivity index (χ2n) is 4.55. The third kappa shape index (κ3) is 6.52. The van der Waals surface area contributed by atoms with Crippen LogP contribution in [-0.2, 0) is 9.47 Å². The molecule has 0 spiro atoms. The Bertz CT molecular complexity index is 464. The van der Waals surface area contributed by atoms with Crippen molar-refractivity contribution in [3.8, 4) is 0 Å². The van der Waals surface area contributed by atoms with Gasteiger partial charge in [-0.15, -0.1) is 0 Å². The van der Waals surface area contributed by atoms with Crippen molar-refractivity contribution in [3.05, 3.63) is 39.9 Å². The average Bonchev–Trinajstić information content (AvgIpc) is 2.38. The van der Waals surface area contributed by atoms with Gasteiger partial charge < -0.3 is 26.8 Å². The van der Waals surface area contributed by atoms with Crippen molar-refractivity contribution in [2.75, 3.05) is 34.4 Å². The first-order chi connectivity index (χ1) is 9.43. The number of nitrogens with zero attached hydrogens (tertiary/aromatic N) is 2. The average molecular weight is 318 g/mol. The number of carbonyl (C=O) groups excluding carboxylic acids is 1. The molecule has 0 N–H and O–H groups in total. The number of carbonyl (C=O) groups is 1. The second kappa shape index (κ2) is 9.28. The standard InChI is InChI=1S/C13H18N2O5.ClH/c1-14(2)8-12(9-19-3)20-13(16)10-4-6-11(7-5-10)15(17)18;/h4-7,12H,8-9H2,1-3H3;1H/p-1. The fraction of sp³-hybridized carbons (Fsp3) is 0.462. The number of esters is 1. The van der Waals surface area contributed by atoms with Crippen molar-refractivity contribution in [2.45, 2.75) is 6.10 Å². The Hall–Kier alpha value is -1.70. The molecule has 8 heteroatoms. The lowest BCUT2D eigenvalue weighted by atomic mass is 10.2. The van der Waals surface area contributed by atoms with Gasteiger partial charge in [-0.2, -0.15) is 0 Å². The fourth-order valence-electron chi connectivity index (χ4n) is 1.66. The summed E-state index contributed by atoms with van der Waals surface area (Å²) < 4.78 is 10.3. The third-order valence-corrected chi connectivity index (χ3v) is 2.51. The molecule has 0 bridgehead atoms. The van der Waals surface area contributed by atoms with Gasteiger partial charge in [0.15, 0.2) is 0 Å². The molecule has 1 atom stereocenters. The lowest BCUT2D eigenvalue weighted by Gasteiger charge is -2.20. The molecule has 0 heterocycles. The van der Waals surface area contributed by atoms with Gasteiger partial charge in [-0.25, -0.2) is 4.79 Å². The predicted octanol–water partition coefficient (Wildman–Crippen LogP) is -1.67. The zero-order valence-electron chi connectivity index (χ0n) is 12.1. The number of hydrogen-bond donors (Lipinski definition) is 0. The van der Waals surface area contributed by atoms with Crippen LogP contribution < -0.4 is 12.4 Å². The normalized spacial score (nSPS) is 11.6. The number of nitro benzene ring substituents is 1. The molecule has 21 heavy (non-hydrogen) atoms. The largest absolute Gasteiger partial charge is 1.00 e. The number of non-ortho nitro benzene ring substituents is 1. The van der Waals surface area contributed by atoms with Crippen LogP contribution in [0.3, 0.4) is 0 Å². The second-order valence-corrected chi connectivity index (χ2v) is 4.55. The number of ether oxygens (including phenoxy) is 2. The lowest BCUT2D eigenvalue weighted by Crippen LogP contribution is -3.00. The summed E-state index contributed by atoms with van der Waals surface area (Å²) in [6.07, 6.45) is -0.391. The minimum Gasteiger partial charge on any atom is -1.00 e. The molecule has 7 nitrogen and oxygen atoms in total. The van der Waals surface area contributed by atoms with E-state index in [1.54, 1.807) is 0 Å². The zero-order valence-corrected chi connectivity index (χ0v) is 12.9.